The largest absolute Gasteiger partial charge is 0.298 e. The van der Waals surface area contributed by atoms with Crippen molar-refractivity contribution in [3.8, 4) is 0 Å². The van der Waals surface area contributed by atoms with Gasteiger partial charge in [-0.05, 0) is 36.1 Å². The van der Waals surface area contributed by atoms with Gasteiger partial charge in [-0.2, -0.15) is 12.6 Å². The number of para-hydroxylation sites is 1. The lowest BCUT2D eigenvalue weighted by atomic mass is 10.1. The molecule has 1 saturated carbocycles. The SMILES string of the molecule is O=c1c2ccccc2ncn1CC1(CS)CC1. The van der Waals surface area contributed by atoms with Crippen LogP contribution < -0.4 is 5.56 Å². The van der Waals surface area contributed by atoms with Crippen molar-refractivity contribution in [3.63, 3.8) is 0 Å². The van der Waals surface area contributed by atoms with E-state index < -0.39 is 0 Å². The van der Waals surface area contributed by atoms with Crippen LogP contribution in [0.5, 0.6) is 0 Å². The predicted octanol–water partition coefficient (Wildman–Crippen LogP) is 2.11. The van der Waals surface area contributed by atoms with Crippen LogP contribution in [-0.4, -0.2) is 15.3 Å². The summed E-state index contributed by atoms with van der Waals surface area (Å²) < 4.78 is 1.73. The van der Waals surface area contributed by atoms with Gasteiger partial charge in [-0.15, -0.1) is 0 Å². The first-order valence-corrected chi connectivity index (χ1v) is 6.42. The first-order chi connectivity index (χ1) is 8.24. The third-order valence-electron chi connectivity index (χ3n) is 3.53. The van der Waals surface area contributed by atoms with Gasteiger partial charge in [0.1, 0.15) is 0 Å². The molecule has 1 aliphatic rings. The summed E-state index contributed by atoms with van der Waals surface area (Å²) in [6, 6.07) is 7.48. The molecule has 0 aliphatic heterocycles. The van der Waals surface area contributed by atoms with Crippen LogP contribution in [-0.2, 0) is 6.54 Å². The highest BCUT2D eigenvalue weighted by Crippen LogP contribution is 2.47. The zero-order valence-corrected chi connectivity index (χ0v) is 10.4. The first kappa shape index (κ1) is 10.8. The molecule has 1 aromatic carbocycles. The van der Waals surface area contributed by atoms with Crippen LogP contribution in [0.2, 0.25) is 0 Å². The molecule has 3 rings (SSSR count). The van der Waals surface area contributed by atoms with Crippen LogP contribution in [0.4, 0.5) is 0 Å². The summed E-state index contributed by atoms with van der Waals surface area (Å²) in [6.07, 6.45) is 3.99. The standard InChI is InChI=1S/C13H14N2OS/c16-12-10-3-1-2-4-11(10)14-9-15(12)7-13(8-17)5-6-13/h1-4,9,17H,5-8H2. The number of hydrogen-bond donors (Lipinski definition) is 1. The fraction of sp³-hybridized carbons (Fsp3) is 0.385. The van der Waals surface area contributed by atoms with Crippen LogP contribution in [0.25, 0.3) is 10.9 Å². The highest BCUT2D eigenvalue weighted by Gasteiger charge is 2.41. The summed E-state index contributed by atoms with van der Waals surface area (Å²) in [5.41, 5.74) is 1.06. The van der Waals surface area contributed by atoms with Gasteiger partial charge in [-0.25, -0.2) is 4.98 Å². The Morgan fingerprint density at radius 3 is 2.82 bits per heavy atom. The minimum Gasteiger partial charge on any atom is -0.298 e. The Kier molecular flexibility index (Phi) is 2.47. The summed E-state index contributed by atoms with van der Waals surface area (Å²) in [6.45, 7) is 0.743. The van der Waals surface area contributed by atoms with Crippen molar-refractivity contribution in [2.75, 3.05) is 5.75 Å². The Bertz CT molecular complexity index is 616. The minimum atomic E-state index is 0.0589. The Labute approximate surface area is 105 Å². The molecule has 0 N–H and O–H groups in total. The molecule has 1 aromatic heterocycles. The number of hydrogen-bond acceptors (Lipinski definition) is 3. The molecule has 2 aromatic rings. The van der Waals surface area contributed by atoms with E-state index in [0.717, 1.165) is 30.7 Å². The van der Waals surface area contributed by atoms with E-state index in [4.69, 9.17) is 0 Å². The molecule has 88 valence electrons. The molecule has 0 amide bonds. The molecule has 0 saturated heterocycles. The number of benzene rings is 1. The van der Waals surface area contributed by atoms with Gasteiger partial charge < -0.3 is 0 Å². The van der Waals surface area contributed by atoms with Gasteiger partial charge in [0.25, 0.3) is 5.56 Å². The Hall–Kier alpha value is -1.29. The lowest BCUT2D eigenvalue weighted by molar-refractivity contribution is 0.462. The van der Waals surface area contributed by atoms with E-state index in [1.54, 1.807) is 10.9 Å². The molecule has 0 radical (unpaired) electrons. The summed E-state index contributed by atoms with van der Waals surface area (Å²) in [5, 5.41) is 0.699. The van der Waals surface area contributed by atoms with Crippen molar-refractivity contribution in [1.82, 2.24) is 9.55 Å². The van der Waals surface area contributed by atoms with Gasteiger partial charge in [-0.3, -0.25) is 9.36 Å². The molecular weight excluding hydrogens is 232 g/mol. The average molecular weight is 246 g/mol. The van der Waals surface area contributed by atoms with Crippen LogP contribution in [0.3, 0.4) is 0 Å². The summed E-state index contributed by atoms with van der Waals surface area (Å²) in [7, 11) is 0. The molecule has 3 nitrogen and oxygen atoms in total. The van der Waals surface area contributed by atoms with E-state index in [1.807, 2.05) is 24.3 Å². The van der Waals surface area contributed by atoms with Gasteiger partial charge in [0.15, 0.2) is 0 Å². The van der Waals surface area contributed by atoms with Gasteiger partial charge in [0.05, 0.1) is 17.2 Å². The van der Waals surface area contributed by atoms with Crippen LogP contribution in [0.1, 0.15) is 12.8 Å². The van der Waals surface area contributed by atoms with Crippen molar-refractivity contribution in [3.05, 3.63) is 40.9 Å². The van der Waals surface area contributed by atoms with Crippen molar-refractivity contribution in [2.24, 2.45) is 5.41 Å². The highest BCUT2D eigenvalue weighted by atomic mass is 32.1. The number of nitrogens with zero attached hydrogens (tertiary/aromatic N) is 2. The molecule has 4 heteroatoms. The second-order valence-corrected chi connectivity index (χ2v) is 5.17. The van der Waals surface area contributed by atoms with Gasteiger partial charge in [0, 0.05) is 6.54 Å². The molecule has 1 aliphatic carbocycles. The summed E-state index contributed by atoms with van der Waals surface area (Å²) >= 11 is 4.37. The maximum atomic E-state index is 12.2. The third kappa shape index (κ3) is 1.86. The van der Waals surface area contributed by atoms with Crippen molar-refractivity contribution in [2.45, 2.75) is 19.4 Å². The highest BCUT2D eigenvalue weighted by molar-refractivity contribution is 7.80. The average Bonchev–Trinajstić information content (AvgIpc) is 3.14. The van der Waals surface area contributed by atoms with Crippen molar-refractivity contribution in [1.29, 1.82) is 0 Å². The van der Waals surface area contributed by atoms with E-state index in [0.29, 0.717) is 5.39 Å². The molecule has 17 heavy (non-hydrogen) atoms. The number of fused-ring (bicyclic) bond motifs is 1. The zero-order chi connectivity index (χ0) is 11.9. The molecule has 0 unspecified atom stereocenters. The zero-order valence-electron chi connectivity index (χ0n) is 9.47. The predicted molar refractivity (Wildman–Crippen MR) is 71.5 cm³/mol. The Morgan fingerprint density at radius 1 is 1.35 bits per heavy atom. The van der Waals surface area contributed by atoms with Gasteiger partial charge in [0.2, 0.25) is 0 Å². The molecule has 0 spiro atoms. The molecule has 0 bridgehead atoms. The van der Waals surface area contributed by atoms with E-state index >= 15 is 0 Å². The molecule has 1 heterocycles. The van der Waals surface area contributed by atoms with E-state index in [1.165, 1.54) is 0 Å². The number of thiol groups is 1. The van der Waals surface area contributed by atoms with Gasteiger partial charge in [-0.1, -0.05) is 12.1 Å². The van der Waals surface area contributed by atoms with E-state index in [-0.39, 0.29) is 11.0 Å². The van der Waals surface area contributed by atoms with Crippen LogP contribution >= 0.6 is 12.6 Å². The number of aromatic nitrogens is 2. The Balaban J connectivity index is 2.06. The summed E-state index contributed by atoms with van der Waals surface area (Å²) in [4.78, 5) is 16.6. The lowest BCUT2D eigenvalue weighted by Crippen LogP contribution is -2.25. The maximum Gasteiger partial charge on any atom is 0.261 e. The van der Waals surface area contributed by atoms with E-state index in [2.05, 4.69) is 17.6 Å². The summed E-state index contributed by atoms with van der Waals surface area (Å²) in [5.74, 6) is 0.840. The lowest BCUT2D eigenvalue weighted by Gasteiger charge is -2.13. The normalized spacial score (nSPS) is 17.2. The molecule has 1 fully saturated rings. The third-order valence-corrected chi connectivity index (χ3v) is 4.20. The first-order valence-electron chi connectivity index (χ1n) is 5.79. The monoisotopic (exact) mass is 246 g/mol. The quantitative estimate of drug-likeness (QED) is 0.842. The Morgan fingerprint density at radius 2 is 2.12 bits per heavy atom. The second-order valence-electron chi connectivity index (χ2n) is 4.85. The van der Waals surface area contributed by atoms with E-state index in [9.17, 15) is 4.79 Å². The fourth-order valence-corrected chi connectivity index (χ4v) is 2.54. The van der Waals surface area contributed by atoms with Gasteiger partial charge >= 0.3 is 0 Å². The van der Waals surface area contributed by atoms with Crippen LogP contribution in [0, 0.1) is 5.41 Å². The minimum absolute atomic E-state index is 0.0589. The van der Waals surface area contributed by atoms with Crippen molar-refractivity contribution >= 4 is 23.5 Å². The van der Waals surface area contributed by atoms with Crippen LogP contribution in [0.15, 0.2) is 35.4 Å². The van der Waals surface area contributed by atoms with Crippen molar-refractivity contribution < 1.29 is 0 Å². The second kappa shape index (κ2) is 3.88. The smallest absolute Gasteiger partial charge is 0.261 e. The molecule has 0 atom stereocenters. The molecular formula is C13H14N2OS. The maximum absolute atomic E-state index is 12.2. The fourth-order valence-electron chi connectivity index (χ4n) is 2.12. The number of rotatable bonds is 3. The topological polar surface area (TPSA) is 34.9 Å².